The lowest BCUT2D eigenvalue weighted by atomic mass is 10.3. The van der Waals surface area contributed by atoms with Crippen LogP contribution in [0.25, 0.3) is 0 Å². The van der Waals surface area contributed by atoms with Crippen molar-refractivity contribution in [2.75, 3.05) is 0 Å². The predicted molar refractivity (Wildman–Crippen MR) is 48.6 cm³/mol. The Labute approximate surface area is 72.4 Å². The van der Waals surface area contributed by atoms with E-state index in [0.717, 1.165) is 0 Å². The summed E-state index contributed by atoms with van der Waals surface area (Å²) in [5, 5.41) is 8.95. The zero-order chi connectivity index (χ0) is 9.07. The molecule has 0 bridgehead atoms. The number of hydrogen-bond acceptors (Lipinski definition) is 3. The second-order valence-electron chi connectivity index (χ2n) is 3.64. The molecule has 0 heterocycles. The van der Waals surface area contributed by atoms with Gasteiger partial charge in [-0.3, -0.25) is 4.79 Å². The number of hydrogen-bond donors (Lipinski definition) is 1. The summed E-state index contributed by atoms with van der Waals surface area (Å²) in [5.41, 5.74) is 0. The number of thioether (sulfide) groups is 1. The molecule has 0 aliphatic rings. The van der Waals surface area contributed by atoms with Gasteiger partial charge >= 0.3 is 0 Å². The number of carbonyl (C=O) groups excluding carboxylic acids is 1. The van der Waals surface area contributed by atoms with Crippen molar-refractivity contribution in [3.05, 3.63) is 0 Å². The van der Waals surface area contributed by atoms with Gasteiger partial charge in [-0.1, -0.05) is 32.5 Å². The second-order valence-corrected chi connectivity index (χ2v) is 5.52. The molecular formula is C8H16O2S. The van der Waals surface area contributed by atoms with Crippen LogP contribution in [0.4, 0.5) is 0 Å². The Bertz CT molecular complexity index is 136. The maximum Gasteiger partial charge on any atom is 0.192 e. The van der Waals surface area contributed by atoms with Crippen molar-refractivity contribution in [1.82, 2.24) is 0 Å². The van der Waals surface area contributed by atoms with E-state index >= 15 is 0 Å². The van der Waals surface area contributed by atoms with Crippen LogP contribution in [0.5, 0.6) is 0 Å². The third kappa shape index (κ3) is 7.88. The third-order valence-electron chi connectivity index (χ3n) is 0.882. The van der Waals surface area contributed by atoms with Crippen LogP contribution < -0.4 is 0 Å². The van der Waals surface area contributed by atoms with E-state index in [2.05, 4.69) is 0 Å². The zero-order valence-electron chi connectivity index (χ0n) is 7.55. The van der Waals surface area contributed by atoms with Crippen LogP contribution in [0.2, 0.25) is 0 Å². The van der Waals surface area contributed by atoms with Gasteiger partial charge in [0, 0.05) is 11.2 Å². The fourth-order valence-electron chi connectivity index (χ4n) is 0.624. The first kappa shape index (κ1) is 11.0. The first-order valence-electron chi connectivity index (χ1n) is 3.71. The summed E-state index contributed by atoms with van der Waals surface area (Å²) < 4.78 is -0.0357. The van der Waals surface area contributed by atoms with Crippen LogP contribution in [0.15, 0.2) is 0 Å². The van der Waals surface area contributed by atoms with Crippen LogP contribution in [-0.4, -0.2) is 21.1 Å². The highest BCUT2D eigenvalue weighted by Crippen LogP contribution is 2.25. The van der Waals surface area contributed by atoms with Crippen molar-refractivity contribution in [3.63, 3.8) is 0 Å². The van der Waals surface area contributed by atoms with Crippen LogP contribution in [-0.2, 0) is 4.79 Å². The molecule has 0 fully saturated rings. The molecule has 1 atom stereocenters. The van der Waals surface area contributed by atoms with E-state index in [0.29, 0.717) is 0 Å². The minimum absolute atomic E-state index is 0.0357. The second kappa shape index (κ2) is 4.12. The fourth-order valence-corrected chi connectivity index (χ4v) is 1.63. The fraction of sp³-hybridized carbons (Fsp3) is 0.875. The Balaban J connectivity index is 3.71. The Morgan fingerprint density at radius 2 is 2.00 bits per heavy atom. The van der Waals surface area contributed by atoms with Gasteiger partial charge < -0.3 is 5.11 Å². The molecule has 66 valence electrons. The van der Waals surface area contributed by atoms with Gasteiger partial charge in [0.05, 0.1) is 6.10 Å². The Kier molecular flexibility index (Phi) is 4.11. The van der Waals surface area contributed by atoms with Crippen LogP contribution >= 0.6 is 11.8 Å². The van der Waals surface area contributed by atoms with E-state index in [-0.39, 0.29) is 16.3 Å². The molecule has 3 heteroatoms. The molecule has 1 unspecified atom stereocenters. The number of aliphatic hydroxyl groups excluding tert-OH is 1. The van der Waals surface area contributed by atoms with Gasteiger partial charge in [-0.2, -0.15) is 0 Å². The minimum atomic E-state index is -0.516. The smallest absolute Gasteiger partial charge is 0.192 e. The summed E-state index contributed by atoms with van der Waals surface area (Å²) in [6.45, 7) is 7.58. The summed E-state index contributed by atoms with van der Waals surface area (Å²) in [7, 11) is 0. The summed E-state index contributed by atoms with van der Waals surface area (Å²) in [6.07, 6.45) is -0.264. The van der Waals surface area contributed by atoms with Crippen LogP contribution in [0, 0.1) is 0 Å². The molecule has 0 aromatic carbocycles. The SMILES string of the molecule is CC(O)CC(=O)SC(C)(C)C. The molecule has 0 amide bonds. The van der Waals surface area contributed by atoms with Gasteiger partial charge in [0.25, 0.3) is 0 Å². The van der Waals surface area contributed by atoms with Crippen molar-refractivity contribution in [3.8, 4) is 0 Å². The maximum atomic E-state index is 11.1. The average molecular weight is 176 g/mol. The van der Waals surface area contributed by atoms with Gasteiger partial charge in [0.1, 0.15) is 0 Å². The van der Waals surface area contributed by atoms with Gasteiger partial charge in [-0.15, -0.1) is 0 Å². The Morgan fingerprint density at radius 1 is 1.55 bits per heavy atom. The molecule has 0 aliphatic carbocycles. The standard InChI is InChI=1S/C8H16O2S/c1-6(9)5-7(10)11-8(2,3)4/h6,9H,5H2,1-4H3. The number of rotatable bonds is 2. The molecule has 2 nitrogen and oxygen atoms in total. The van der Waals surface area contributed by atoms with Crippen molar-refractivity contribution in [1.29, 1.82) is 0 Å². The molecule has 0 aromatic heterocycles. The molecule has 0 rings (SSSR count). The highest BCUT2D eigenvalue weighted by molar-refractivity contribution is 8.14. The van der Waals surface area contributed by atoms with Crippen molar-refractivity contribution < 1.29 is 9.90 Å². The van der Waals surface area contributed by atoms with E-state index in [1.165, 1.54) is 11.8 Å². The monoisotopic (exact) mass is 176 g/mol. The van der Waals surface area contributed by atoms with E-state index in [1.807, 2.05) is 20.8 Å². The summed E-state index contributed by atoms with van der Waals surface area (Å²) in [4.78, 5) is 11.1. The van der Waals surface area contributed by atoms with E-state index in [1.54, 1.807) is 6.92 Å². The average Bonchev–Trinajstić information content (AvgIpc) is 1.53. The molecule has 1 N–H and O–H groups in total. The number of carbonyl (C=O) groups is 1. The van der Waals surface area contributed by atoms with E-state index in [9.17, 15) is 4.79 Å². The van der Waals surface area contributed by atoms with Gasteiger partial charge in [0.15, 0.2) is 5.12 Å². The van der Waals surface area contributed by atoms with Gasteiger partial charge in [-0.25, -0.2) is 0 Å². The summed E-state index contributed by atoms with van der Waals surface area (Å²) in [6, 6.07) is 0. The predicted octanol–water partition coefficient (Wildman–Crippen LogP) is 1.82. The first-order chi connectivity index (χ1) is 4.81. The first-order valence-corrected chi connectivity index (χ1v) is 4.53. The highest BCUT2D eigenvalue weighted by Gasteiger charge is 2.17. The third-order valence-corrected chi connectivity index (χ3v) is 1.89. The molecular weight excluding hydrogens is 160 g/mol. The van der Waals surface area contributed by atoms with E-state index in [4.69, 9.17) is 5.11 Å². The van der Waals surface area contributed by atoms with E-state index < -0.39 is 6.10 Å². The summed E-state index contributed by atoms with van der Waals surface area (Å²) in [5.74, 6) is 0. The van der Waals surface area contributed by atoms with Gasteiger partial charge in [-0.05, 0) is 6.92 Å². The lowest BCUT2D eigenvalue weighted by molar-refractivity contribution is -0.112. The van der Waals surface area contributed by atoms with Crippen LogP contribution in [0.3, 0.4) is 0 Å². The van der Waals surface area contributed by atoms with Crippen molar-refractivity contribution in [2.45, 2.75) is 45.0 Å². The maximum absolute atomic E-state index is 11.1. The lowest BCUT2D eigenvalue weighted by Crippen LogP contribution is -2.15. The molecule has 0 aromatic rings. The molecule has 0 saturated carbocycles. The Hall–Kier alpha value is -0.0200. The summed E-state index contributed by atoms with van der Waals surface area (Å²) >= 11 is 1.29. The molecule has 0 saturated heterocycles. The Morgan fingerprint density at radius 3 is 2.27 bits per heavy atom. The molecule has 0 radical (unpaired) electrons. The van der Waals surface area contributed by atoms with Gasteiger partial charge in [0.2, 0.25) is 0 Å². The van der Waals surface area contributed by atoms with Crippen LogP contribution in [0.1, 0.15) is 34.1 Å². The minimum Gasteiger partial charge on any atom is -0.393 e. The highest BCUT2D eigenvalue weighted by atomic mass is 32.2. The lowest BCUT2D eigenvalue weighted by Gasteiger charge is -2.16. The molecule has 11 heavy (non-hydrogen) atoms. The molecule has 0 aliphatic heterocycles. The zero-order valence-corrected chi connectivity index (χ0v) is 8.36. The molecule has 0 spiro atoms. The largest absolute Gasteiger partial charge is 0.393 e. The number of aliphatic hydroxyl groups is 1. The topological polar surface area (TPSA) is 37.3 Å². The normalized spacial score (nSPS) is 14.6. The van der Waals surface area contributed by atoms with Crippen molar-refractivity contribution in [2.24, 2.45) is 0 Å². The quantitative estimate of drug-likeness (QED) is 0.697. The van der Waals surface area contributed by atoms with Crippen molar-refractivity contribution >= 4 is 16.9 Å².